The van der Waals surface area contributed by atoms with Gasteiger partial charge in [0.25, 0.3) is 0 Å². The molecule has 0 aliphatic carbocycles. The van der Waals surface area contributed by atoms with Crippen LogP contribution in [-0.2, 0) is 0 Å². The van der Waals surface area contributed by atoms with Gasteiger partial charge in [0.05, 0.1) is 12.4 Å². The molecular weight excluding hydrogens is 228 g/mol. The van der Waals surface area contributed by atoms with Gasteiger partial charge in [0.15, 0.2) is 5.75 Å². The summed E-state index contributed by atoms with van der Waals surface area (Å²) in [6.45, 7) is 0. The van der Waals surface area contributed by atoms with Crippen LogP contribution in [0, 0.1) is 0 Å². The number of hydrogen-bond donors (Lipinski definition) is 2. The zero-order valence-corrected chi connectivity index (χ0v) is 8.98. The molecule has 5 nitrogen and oxygen atoms in total. The minimum Gasteiger partial charge on any atom is -0.454 e. The van der Waals surface area contributed by atoms with E-state index in [-0.39, 0.29) is 0 Å². The standard InChI is InChI=1S/C10H9ClN4O/c11-7-2-1-3-8(4-7)16-9-5-13-10(15-12)14-6-9/h1-6H,12H2,(H,13,14,15). The largest absolute Gasteiger partial charge is 0.454 e. The van der Waals surface area contributed by atoms with Crippen LogP contribution in [0.1, 0.15) is 0 Å². The summed E-state index contributed by atoms with van der Waals surface area (Å²) < 4.78 is 5.48. The Kier molecular flexibility index (Phi) is 3.19. The van der Waals surface area contributed by atoms with E-state index in [2.05, 4.69) is 15.4 Å². The van der Waals surface area contributed by atoms with Crippen molar-refractivity contribution in [2.75, 3.05) is 5.43 Å². The molecule has 2 aromatic rings. The lowest BCUT2D eigenvalue weighted by Crippen LogP contribution is -2.09. The molecule has 1 heterocycles. The Morgan fingerprint density at radius 3 is 2.56 bits per heavy atom. The zero-order valence-electron chi connectivity index (χ0n) is 8.22. The van der Waals surface area contributed by atoms with Crippen LogP contribution in [0.25, 0.3) is 0 Å². The number of hydrogen-bond acceptors (Lipinski definition) is 5. The van der Waals surface area contributed by atoms with Crippen molar-refractivity contribution in [3.8, 4) is 11.5 Å². The second kappa shape index (κ2) is 4.78. The first-order chi connectivity index (χ1) is 7.78. The van der Waals surface area contributed by atoms with E-state index in [0.29, 0.717) is 22.5 Å². The molecule has 0 unspecified atom stereocenters. The van der Waals surface area contributed by atoms with Crippen LogP contribution in [0.2, 0.25) is 5.02 Å². The summed E-state index contributed by atoms with van der Waals surface area (Å²) in [5.41, 5.74) is 2.33. The van der Waals surface area contributed by atoms with Crippen LogP contribution in [-0.4, -0.2) is 9.97 Å². The van der Waals surface area contributed by atoms with E-state index in [1.165, 1.54) is 12.4 Å². The lowest BCUT2D eigenvalue weighted by atomic mass is 10.3. The first-order valence-electron chi connectivity index (χ1n) is 4.50. The number of benzene rings is 1. The predicted octanol–water partition coefficient (Wildman–Crippen LogP) is 2.21. The molecule has 0 fully saturated rings. The Morgan fingerprint density at radius 2 is 1.94 bits per heavy atom. The third-order valence-electron chi connectivity index (χ3n) is 1.79. The SMILES string of the molecule is NNc1ncc(Oc2cccc(Cl)c2)cn1. The zero-order chi connectivity index (χ0) is 11.4. The first-order valence-corrected chi connectivity index (χ1v) is 4.88. The van der Waals surface area contributed by atoms with Crippen LogP contribution in [0.5, 0.6) is 11.5 Å². The molecule has 0 amide bonds. The highest BCUT2D eigenvalue weighted by Crippen LogP contribution is 2.23. The third-order valence-corrected chi connectivity index (χ3v) is 2.02. The van der Waals surface area contributed by atoms with Gasteiger partial charge in [-0.1, -0.05) is 17.7 Å². The topological polar surface area (TPSA) is 73.1 Å². The van der Waals surface area contributed by atoms with Crippen molar-refractivity contribution in [1.82, 2.24) is 9.97 Å². The second-order valence-electron chi connectivity index (χ2n) is 2.95. The Morgan fingerprint density at radius 1 is 1.19 bits per heavy atom. The summed E-state index contributed by atoms with van der Waals surface area (Å²) >= 11 is 5.82. The van der Waals surface area contributed by atoms with E-state index >= 15 is 0 Å². The van der Waals surface area contributed by atoms with Crippen molar-refractivity contribution < 1.29 is 4.74 Å². The fraction of sp³-hybridized carbons (Fsp3) is 0. The molecule has 6 heteroatoms. The number of nitrogen functional groups attached to an aromatic ring is 1. The van der Waals surface area contributed by atoms with Gasteiger partial charge in [-0.05, 0) is 18.2 Å². The number of nitrogens with zero attached hydrogens (tertiary/aromatic N) is 2. The maximum atomic E-state index is 5.82. The highest BCUT2D eigenvalue weighted by Gasteiger charge is 1.99. The van der Waals surface area contributed by atoms with Crippen molar-refractivity contribution in [3.05, 3.63) is 41.7 Å². The van der Waals surface area contributed by atoms with Gasteiger partial charge >= 0.3 is 0 Å². The fourth-order valence-electron chi connectivity index (χ4n) is 1.11. The molecule has 1 aromatic heterocycles. The van der Waals surface area contributed by atoms with Crippen LogP contribution < -0.4 is 16.0 Å². The number of ether oxygens (including phenoxy) is 1. The van der Waals surface area contributed by atoms with Gasteiger partial charge in [-0.2, -0.15) is 0 Å². The monoisotopic (exact) mass is 236 g/mol. The van der Waals surface area contributed by atoms with Gasteiger partial charge in [-0.15, -0.1) is 0 Å². The number of nitrogens with two attached hydrogens (primary N) is 1. The van der Waals surface area contributed by atoms with Crippen LogP contribution in [0.4, 0.5) is 5.95 Å². The average molecular weight is 237 g/mol. The molecule has 82 valence electrons. The normalized spacial score (nSPS) is 9.88. The molecule has 0 atom stereocenters. The quantitative estimate of drug-likeness (QED) is 0.631. The minimum atomic E-state index is 0.332. The number of hydrazine groups is 1. The van der Waals surface area contributed by atoms with Crippen LogP contribution in [0.3, 0.4) is 0 Å². The average Bonchev–Trinajstić information content (AvgIpc) is 2.30. The summed E-state index contributed by atoms with van der Waals surface area (Å²) in [7, 11) is 0. The van der Waals surface area contributed by atoms with E-state index in [9.17, 15) is 0 Å². The van der Waals surface area contributed by atoms with Gasteiger partial charge in [0.1, 0.15) is 5.75 Å². The van der Waals surface area contributed by atoms with Gasteiger partial charge in [0, 0.05) is 5.02 Å². The summed E-state index contributed by atoms with van der Waals surface area (Å²) in [5, 5.41) is 0.610. The van der Waals surface area contributed by atoms with Crippen molar-refractivity contribution in [1.29, 1.82) is 0 Å². The number of nitrogens with one attached hydrogen (secondary N) is 1. The number of anilines is 1. The van der Waals surface area contributed by atoms with Gasteiger partial charge in [0.2, 0.25) is 5.95 Å². The Hall–Kier alpha value is -1.85. The molecule has 0 aliphatic heterocycles. The van der Waals surface area contributed by atoms with Crippen molar-refractivity contribution in [2.45, 2.75) is 0 Å². The first kappa shape index (κ1) is 10.7. The van der Waals surface area contributed by atoms with E-state index in [1.54, 1.807) is 24.3 Å². The molecule has 2 rings (SSSR count). The summed E-state index contributed by atoms with van der Waals surface area (Å²) in [5.74, 6) is 6.62. The summed E-state index contributed by atoms with van der Waals surface area (Å²) in [6, 6.07) is 7.07. The third kappa shape index (κ3) is 2.59. The maximum absolute atomic E-state index is 5.82. The summed E-state index contributed by atoms with van der Waals surface area (Å²) in [4.78, 5) is 7.82. The van der Waals surface area contributed by atoms with Gasteiger partial charge < -0.3 is 4.74 Å². The van der Waals surface area contributed by atoms with Crippen molar-refractivity contribution in [2.24, 2.45) is 5.84 Å². The molecule has 1 aromatic carbocycles. The maximum Gasteiger partial charge on any atom is 0.237 e. The Bertz CT molecular complexity index is 475. The molecule has 0 saturated carbocycles. The fourth-order valence-corrected chi connectivity index (χ4v) is 1.29. The molecule has 0 bridgehead atoms. The molecular formula is C10H9ClN4O. The highest BCUT2D eigenvalue weighted by molar-refractivity contribution is 6.30. The second-order valence-corrected chi connectivity index (χ2v) is 3.38. The summed E-state index contributed by atoms with van der Waals surface area (Å²) in [6.07, 6.45) is 3.03. The molecule has 0 saturated heterocycles. The number of rotatable bonds is 3. The van der Waals surface area contributed by atoms with Crippen molar-refractivity contribution >= 4 is 17.5 Å². The predicted molar refractivity (Wildman–Crippen MR) is 61.4 cm³/mol. The molecule has 0 radical (unpaired) electrons. The Balaban J connectivity index is 2.14. The Labute approximate surface area is 97.2 Å². The van der Waals surface area contributed by atoms with E-state index in [1.807, 2.05) is 0 Å². The van der Waals surface area contributed by atoms with Crippen molar-refractivity contribution in [3.63, 3.8) is 0 Å². The molecule has 3 N–H and O–H groups in total. The van der Waals surface area contributed by atoms with E-state index in [4.69, 9.17) is 22.2 Å². The smallest absolute Gasteiger partial charge is 0.237 e. The van der Waals surface area contributed by atoms with E-state index in [0.717, 1.165) is 0 Å². The van der Waals surface area contributed by atoms with Gasteiger partial charge in [-0.3, -0.25) is 5.43 Å². The highest BCUT2D eigenvalue weighted by atomic mass is 35.5. The lowest BCUT2D eigenvalue weighted by molar-refractivity contribution is 0.478. The van der Waals surface area contributed by atoms with Crippen LogP contribution in [0.15, 0.2) is 36.7 Å². The number of halogens is 1. The molecule has 0 aliphatic rings. The van der Waals surface area contributed by atoms with Crippen LogP contribution >= 0.6 is 11.6 Å². The lowest BCUT2D eigenvalue weighted by Gasteiger charge is -2.05. The van der Waals surface area contributed by atoms with E-state index < -0.39 is 0 Å². The molecule has 16 heavy (non-hydrogen) atoms. The van der Waals surface area contributed by atoms with Gasteiger partial charge in [-0.25, -0.2) is 15.8 Å². The minimum absolute atomic E-state index is 0.332. The number of aromatic nitrogens is 2. The molecule has 0 spiro atoms.